The molecule has 1 N–H and O–H groups in total. The lowest BCUT2D eigenvalue weighted by molar-refractivity contribution is -0.870. The lowest BCUT2D eigenvalue weighted by atomic mass is 10.0. The lowest BCUT2D eigenvalue weighted by Gasteiger charge is -2.24. The van der Waals surface area contributed by atoms with Crippen LogP contribution in [0.4, 0.5) is 0 Å². The molecular formula is C40H79NO8P+. The number of esters is 2. The smallest absolute Gasteiger partial charge is 0.462 e. The zero-order chi connectivity index (χ0) is 37.2. The van der Waals surface area contributed by atoms with Crippen molar-refractivity contribution in [1.82, 2.24) is 0 Å². The van der Waals surface area contributed by atoms with Gasteiger partial charge in [-0.3, -0.25) is 18.6 Å². The number of ether oxygens (including phenoxy) is 2. The van der Waals surface area contributed by atoms with Crippen molar-refractivity contribution < 1.29 is 42.1 Å². The molecule has 0 aromatic carbocycles. The lowest BCUT2D eigenvalue weighted by Crippen LogP contribution is -2.37. The second-order valence-electron chi connectivity index (χ2n) is 15.0. The van der Waals surface area contributed by atoms with Gasteiger partial charge in [0.2, 0.25) is 0 Å². The van der Waals surface area contributed by atoms with E-state index in [0.717, 1.165) is 51.4 Å². The van der Waals surface area contributed by atoms with E-state index < -0.39 is 26.5 Å². The summed E-state index contributed by atoms with van der Waals surface area (Å²) in [6.45, 7) is 4.40. The second kappa shape index (κ2) is 33.6. The SMILES string of the molecule is CCCCCCC/C=C\CCCCCCCC(=O)OC[C@H](COP(=O)(O)OCC[N+](C)(C)C)OC(=O)CCCCCCCCCCCCCC. The number of phosphoric acid groups is 1. The highest BCUT2D eigenvalue weighted by atomic mass is 31.2. The Morgan fingerprint density at radius 1 is 0.600 bits per heavy atom. The van der Waals surface area contributed by atoms with E-state index >= 15 is 0 Å². The average Bonchev–Trinajstić information content (AvgIpc) is 3.06. The Morgan fingerprint density at radius 3 is 1.48 bits per heavy atom. The van der Waals surface area contributed by atoms with Gasteiger partial charge in [-0.15, -0.1) is 0 Å². The fraction of sp³-hybridized carbons (Fsp3) is 0.900. The molecule has 1 unspecified atom stereocenters. The van der Waals surface area contributed by atoms with Gasteiger partial charge in [-0.2, -0.15) is 0 Å². The van der Waals surface area contributed by atoms with Crippen LogP contribution in [0.25, 0.3) is 0 Å². The van der Waals surface area contributed by atoms with E-state index in [-0.39, 0.29) is 32.0 Å². The molecule has 0 saturated carbocycles. The highest BCUT2D eigenvalue weighted by molar-refractivity contribution is 7.47. The number of allylic oxidation sites excluding steroid dienone is 2. The molecule has 0 spiro atoms. The zero-order valence-electron chi connectivity index (χ0n) is 33.1. The number of hydrogen-bond acceptors (Lipinski definition) is 7. The van der Waals surface area contributed by atoms with Crippen LogP contribution in [0.3, 0.4) is 0 Å². The molecule has 0 aliphatic rings. The number of quaternary nitrogens is 1. The van der Waals surface area contributed by atoms with Crippen LogP contribution < -0.4 is 0 Å². The van der Waals surface area contributed by atoms with Crippen molar-refractivity contribution in [1.29, 1.82) is 0 Å². The first-order valence-electron chi connectivity index (χ1n) is 20.4. The van der Waals surface area contributed by atoms with Gasteiger partial charge in [0.05, 0.1) is 27.7 Å². The molecule has 0 aromatic heterocycles. The largest absolute Gasteiger partial charge is 0.472 e. The molecule has 0 bridgehead atoms. The minimum Gasteiger partial charge on any atom is -0.462 e. The number of nitrogens with zero attached hydrogens (tertiary/aromatic N) is 1. The van der Waals surface area contributed by atoms with Gasteiger partial charge in [0.25, 0.3) is 0 Å². The number of phosphoric ester groups is 1. The Labute approximate surface area is 307 Å². The van der Waals surface area contributed by atoms with Crippen LogP contribution in [-0.2, 0) is 32.7 Å². The number of likely N-dealkylation sites (N-methyl/N-ethyl adjacent to an activating group) is 1. The Balaban J connectivity index is 4.40. The van der Waals surface area contributed by atoms with Gasteiger partial charge < -0.3 is 18.9 Å². The summed E-state index contributed by atoms with van der Waals surface area (Å²) in [5.41, 5.74) is 0. The van der Waals surface area contributed by atoms with Crippen molar-refractivity contribution in [3.8, 4) is 0 Å². The van der Waals surface area contributed by atoms with Crippen molar-refractivity contribution in [2.75, 3.05) is 47.5 Å². The molecule has 0 saturated heterocycles. The zero-order valence-corrected chi connectivity index (χ0v) is 34.0. The van der Waals surface area contributed by atoms with Gasteiger partial charge in [0.15, 0.2) is 6.10 Å². The number of carbonyl (C=O) groups is 2. The summed E-state index contributed by atoms with van der Waals surface area (Å²) in [6.07, 6.45) is 32.5. The first kappa shape index (κ1) is 48.8. The summed E-state index contributed by atoms with van der Waals surface area (Å²) in [5.74, 6) is -0.803. The third-order valence-corrected chi connectivity index (χ3v) is 9.78. The quantitative estimate of drug-likeness (QED) is 0.0221. The first-order valence-corrected chi connectivity index (χ1v) is 21.9. The Bertz CT molecular complexity index is 876. The van der Waals surface area contributed by atoms with Gasteiger partial charge >= 0.3 is 19.8 Å². The minimum absolute atomic E-state index is 0.0333. The van der Waals surface area contributed by atoms with Crippen molar-refractivity contribution in [3.05, 3.63) is 12.2 Å². The van der Waals surface area contributed by atoms with E-state index in [1.54, 1.807) is 0 Å². The topological polar surface area (TPSA) is 108 Å². The standard InChI is InChI=1S/C40H78NO8P/c1-6-8-10-12-14-16-18-20-21-23-24-26-28-30-32-39(42)46-36-38(37-48-50(44,45)47-35-34-41(3,4)5)49-40(43)33-31-29-27-25-22-19-17-15-13-11-9-7-2/h18,20,38H,6-17,19,21-37H2,1-5H3/p+1/b20-18-/t38-/m1/s1. The van der Waals surface area contributed by atoms with Crippen LogP contribution in [0.2, 0.25) is 0 Å². The fourth-order valence-corrected chi connectivity index (χ4v) is 6.28. The number of rotatable bonds is 37. The van der Waals surface area contributed by atoms with Gasteiger partial charge in [-0.1, -0.05) is 142 Å². The number of unbranched alkanes of at least 4 members (excludes halogenated alkanes) is 21. The number of hydrogen-bond donors (Lipinski definition) is 1. The number of carbonyl (C=O) groups excluding carboxylic acids is 2. The Hall–Kier alpha value is -1.25. The summed E-state index contributed by atoms with van der Waals surface area (Å²) < 4.78 is 34.2. The third-order valence-electron chi connectivity index (χ3n) is 8.80. The molecule has 0 aromatic rings. The van der Waals surface area contributed by atoms with Crippen LogP contribution in [0.1, 0.15) is 181 Å². The maximum Gasteiger partial charge on any atom is 0.472 e. The van der Waals surface area contributed by atoms with Gasteiger partial charge in [0.1, 0.15) is 19.8 Å². The van der Waals surface area contributed by atoms with E-state index in [1.165, 1.54) is 96.3 Å². The van der Waals surface area contributed by atoms with Gasteiger partial charge in [-0.05, 0) is 38.5 Å². The molecule has 9 nitrogen and oxygen atoms in total. The van der Waals surface area contributed by atoms with Crippen LogP contribution in [0, 0.1) is 0 Å². The van der Waals surface area contributed by atoms with Crippen LogP contribution >= 0.6 is 7.82 Å². The van der Waals surface area contributed by atoms with Crippen molar-refractivity contribution in [2.24, 2.45) is 0 Å². The molecule has 10 heteroatoms. The highest BCUT2D eigenvalue weighted by Crippen LogP contribution is 2.43. The van der Waals surface area contributed by atoms with Crippen molar-refractivity contribution >= 4 is 19.8 Å². The summed E-state index contributed by atoms with van der Waals surface area (Å²) in [6, 6.07) is 0. The summed E-state index contributed by atoms with van der Waals surface area (Å²) in [5, 5.41) is 0. The molecule has 0 aliphatic carbocycles. The molecule has 0 fully saturated rings. The minimum atomic E-state index is -4.36. The monoisotopic (exact) mass is 733 g/mol. The predicted molar refractivity (Wildman–Crippen MR) is 206 cm³/mol. The van der Waals surface area contributed by atoms with E-state index in [0.29, 0.717) is 17.4 Å². The Morgan fingerprint density at radius 2 is 1.02 bits per heavy atom. The second-order valence-corrected chi connectivity index (χ2v) is 16.5. The van der Waals surface area contributed by atoms with Crippen LogP contribution in [-0.4, -0.2) is 74.9 Å². The van der Waals surface area contributed by atoms with E-state index in [4.69, 9.17) is 18.5 Å². The van der Waals surface area contributed by atoms with Crippen molar-refractivity contribution in [3.63, 3.8) is 0 Å². The maximum atomic E-state index is 12.6. The first-order chi connectivity index (χ1) is 24.0. The molecule has 0 rings (SSSR count). The summed E-state index contributed by atoms with van der Waals surface area (Å²) in [7, 11) is 1.48. The molecule has 296 valence electrons. The highest BCUT2D eigenvalue weighted by Gasteiger charge is 2.27. The van der Waals surface area contributed by atoms with E-state index in [9.17, 15) is 19.0 Å². The van der Waals surface area contributed by atoms with E-state index in [2.05, 4.69) is 26.0 Å². The molecule has 0 heterocycles. The third kappa shape index (κ3) is 36.5. The molecule has 0 aliphatic heterocycles. The van der Waals surface area contributed by atoms with Crippen molar-refractivity contribution in [2.45, 2.75) is 187 Å². The van der Waals surface area contributed by atoms with Crippen LogP contribution in [0.15, 0.2) is 12.2 Å². The molecule has 50 heavy (non-hydrogen) atoms. The summed E-state index contributed by atoms with van der Waals surface area (Å²) >= 11 is 0. The Kier molecular flexibility index (Phi) is 32.7. The van der Waals surface area contributed by atoms with Gasteiger partial charge in [0, 0.05) is 12.8 Å². The molecular weight excluding hydrogens is 653 g/mol. The van der Waals surface area contributed by atoms with Gasteiger partial charge in [-0.25, -0.2) is 4.57 Å². The fourth-order valence-electron chi connectivity index (χ4n) is 5.54. The molecule has 0 amide bonds. The summed E-state index contributed by atoms with van der Waals surface area (Å²) in [4.78, 5) is 35.2. The predicted octanol–water partition coefficient (Wildman–Crippen LogP) is 11.0. The molecule has 0 radical (unpaired) electrons. The normalized spacial score (nSPS) is 13.8. The maximum absolute atomic E-state index is 12.6. The molecule has 2 atom stereocenters. The van der Waals surface area contributed by atoms with E-state index in [1.807, 2.05) is 21.1 Å². The average molecular weight is 733 g/mol. The van der Waals surface area contributed by atoms with Crippen LogP contribution in [0.5, 0.6) is 0 Å².